The van der Waals surface area contributed by atoms with Crippen molar-refractivity contribution in [3.8, 4) is 0 Å². The van der Waals surface area contributed by atoms with E-state index in [4.69, 9.17) is 5.11 Å². The summed E-state index contributed by atoms with van der Waals surface area (Å²) in [5.74, 6) is -1.51. The summed E-state index contributed by atoms with van der Waals surface area (Å²) in [4.78, 5) is 20.2. The molecular weight excluding hydrogens is 160 g/mol. The number of hydrogen-bond acceptors (Lipinski definition) is 3. The summed E-state index contributed by atoms with van der Waals surface area (Å²) < 4.78 is 4.21. The van der Waals surface area contributed by atoms with E-state index in [1.807, 2.05) is 0 Å². The summed E-state index contributed by atoms with van der Waals surface area (Å²) in [6.07, 6.45) is 2.15. The predicted octanol–water partition coefficient (Wildman–Crippen LogP) is 1.46. The first-order chi connectivity index (χ1) is 4.66. The van der Waals surface area contributed by atoms with Gasteiger partial charge in [0.05, 0.1) is 13.5 Å². The van der Waals surface area contributed by atoms with Crippen molar-refractivity contribution >= 4 is 11.9 Å². The quantitative estimate of drug-likeness (QED) is 0.522. The van der Waals surface area contributed by atoms with Crippen molar-refractivity contribution in [3.05, 3.63) is 12.2 Å². The molecule has 0 amide bonds. The molecule has 0 spiro atoms. The summed E-state index contributed by atoms with van der Waals surface area (Å²) in [5, 5.41) is 8.10. The van der Waals surface area contributed by atoms with Crippen LogP contribution in [0.15, 0.2) is 12.2 Å². The van der Waals surface area contributed by atoms with E-state index in [-0.39, 0.29) is 21.3 Å². The van der Waals surface area contributed by atoms with Crippen molar-refractivity contribution in [3.63, 3.8) is 0 Å². The van der Waals surface area contributed by atoms with Gasteiger partial charge in [0, 0.05) is 6.08 Å². The zero-order chi connectivity index (χ0) is 7.98. The lowest BCUT2D eigenvalue weighted by Gasteiger charge is -1.87. The van der Waals surface area contributed by atoms with Crippen LogP contribution in [0.3, 0.4) is 0 Å². The highest BCUT2D eigenvalue weighted by Gasteiger charge is 1.92. The average Bonchev–Trinajstić information content (AvgIpc) is 1.87. The van der Waals surface area contributed by atoms with Gasteiger partial charge in [-0.25, -0.2) is 4.79 Å². The van der Waals surface area contributed by atoms with E-state index >= 15 is 0 Å². The second kappa shape index (κ2) is 9.68. The molecule has 4 nitrogen and oxygen atoms in total. The fourth-order valence-corrected chi connectivity index (χ4v) is 0.324. The van der Waals surface area contributed by atoms with Gasteiger partial charge in [-0.2, -0.15) is 0 Å². The Labute approximate surface area is 72.8 Å². The number of carbonyl (C=O) groups excluding carboxylic acids is 1. The second-order valence-corrected chi connectivity index (χ2v) is 1.52. The van der Waals surface area contributed by atoms with Crippen LogP contribution in [0.5, 0.6) is 0 Å². The smallest absolute Gasteiger partial charge is 0.330 e. The fourth-order valence-electron chi connectivity index (χ4n) is 0.324. The number of hydrogen-bond donors (Lipinski definition) is 1. The Balaban J connectivity index is -0.000000405. The van der Waals surface area contributed by atoms with E-state index in [0.29, 0.717) is 0 Å². The van der Waals surface area contributed by atoms with Crippen LogP contribution >= 0.6 is 0 Å². The van der Waals surface area contributed by atoms with Crippen molar-refractivity contribution in [2.45, 2.75) is 21.3 Å². The lowest BCUT2D eigenvalue weighted by atomic mass is 10.4. The highest BCUT2D eigenvalue weighted by atomic mass is 16.5. The van der Waals surface area contributed by atoms with Crippen LogP contribution in [0.25, 0.3) is 0 Å². The molecule has 0 saturated carbocycles. The third kappa shape index (κ3) is 11.5. The maximum absolute atomic E-state index is 10.3. The molecule has 0 aromatic heterocycles. The number of esters is 1. The van der Waals surface area contributed by atoms with Gasteiger partial charge >= 0.3 is 11.9 Å². The van der Waals surface area contributed by atoms with Gasteiger partial charge in [-0.05, 0) is 0 Å². The Hall–Kier alpha value is -1.32. The van der Waals surface area contributed by atoms with Crippen LogP contribution in [-0.4, -0.2) is 24.2 Å². The van der Waals surface area contributed by atoms with Gasteiger partial charge in [0.15, 0.2) is 0 Å². The van der Waals surface area contributed by atoms with Crippen molar-refractivity contribution in [2.24, 2.45) is 0 Å². The molecule has 0 rings (SSSR count). The highest BCUT2D eigenvalue weighted by Crippen LogP contribution is 1.83. The molecule has 0 atom stereocenters. The number of methoxy groups -OCH3 is 1. The molecule has 0 bridgehead atoms. The number of rotatable bonds is 3. The SMILES string of the molecule is C.C.COC(=O)C=CCC(=O)O. The van der Waals surface area contributed by atoms with Crippen molar-refractivity contribution in [1.29, 1.82) is 0 Å². The van der Waals surface area contributed by atoms with Crippen molar-refractivity contribution in [1.82, 2.24) is 0 Å². The minimum atomic E-state index is -0.972. The van der Waals surface area contributed by atoms with Gasteiger partial charge < -0.3 is 9.84 Å². The van der Waals surface area contributed by atoms with Crippen LogP contribution in [0.4, 0.5) is 0 Å². The molecule has 0 aliphatic carbocycles. The van der Waals surface area contributed by atoms with Crippen LogP contribution < -0.4 is 0 Å². The van der Waals surface area contributed by atoms with Crippen LogP contribution in [0, 0.1) is 0 Å². The summed E-state index contributed by atoms with van der Waals surface area (Å²) >= 11 is 0. The molecule has 0 aliphatic rings. The molecule has 12 heavy (non-hydrogen) atoms. The van der Waals surface area contributed by atoms with E-state index in [2.05, 4.69) is 4.74 Å². The molecule has 72 valence electrons. The number of aliphatic carboxylic acids is 1. The maximum atomic E-state index is 10.3. The number of ether oxygens (including phenoxy) is 1. The third-order valence-corrected chi connectivity index (χ3v) is 0.748. The first kappa shape index (κ1) is 17.0. The number of carboxylic acids is 1. The van der Waals surface area contributed by atoms with Crippen molar-refractivity contribution < 1.29 is 19.4 Å². The predicted molar refractivity (Wildman–Crippen MR) is 46.9 cm³/mol. The number of carboxylic acid groups (broad SMARTS) is 1. The van der Waals surface area contributed by atoms with Gasteiger partial charge in [-0.3, -0.25) is 4.79 Å². The molecule has 4 heteroatoms. The lowest BCUT2D eigenvalue weighted by molar-refractivity contribution is -0.136. The molecule has 0 radical (unpaired) electrons. The Morgan fingerprint density at radius 2 is 1.92 bits per heavy atom. The van der Waals surface area contributed by atoms with Gasteiger partial charge in [-0.15, -0.1) is 0 Å². The maximum Gasteiger partial charge on any atom is 0.330 e. The Morgan fingerprint density at radius 1 is 1.42 bits per heavy atom. The first-order valence-electron chi connectivity index (χ1n) is 2.63. The molecule has 0 aromatic rings. The standard InChI is InChI=1S/C6H8O4.2CH4/c1-10-6(9)4-2-3-5(7)8;;/h2,4H,3H2,1H3,(H,7,8);2*1H4. The average molecular weight is 176 g/mol. The Morgan fingerprint density at radius 3 is 2.25 bits per heavy atom. The number of carbonyl (C=O) groups is 2. The molecule has 0 unspecified atom stereocenters. The van der Waals surface area contributed by atoms with Gasteiger partial charge in [0.25, 0.3) is 0 Å². The first-order valence-corrected chi connectivity index (χ1v) is 2.63. The Kier molecular flexibility index (Phi) is 13.7. The highest BCUT2D eigenvalue weighted by molar-refractivity contribution is 5.82. The summed E-state index contributed by atoms with van der Waals surface area (Å²) in [6.45, 7) is 0. The van der Waals surface area contributed by atoms with Crippen LogP contribution in [0.2, 0.25) is 0 Å². The monoisotopic (exact) mass is 176 g/mol. The zero-order valence-electron chi connectivity index (χ0n) is 5.53. The third-order valence-electron chi connectivity index (χ3n) is 0.748. The molecule has 0 fully saturated rings. The minimum Gasteiger partial charge on any atom is -0.481 e. The zero-order valence-corrected chi connectivity index (χ0v) is 5.53. The van der Waals surface area contributed by atoms with Gasteiger partial charge in [-0.1, -0.05) is 20.9 Å². The van der Waals surface area contributed by atoms with E-state index in [9.17, 15) is 9.59 Å². The minimum absolute atomic E-state index is 0. The summed E-state index contributed by atoms with van der Waals surface area (Å²) in [7, 11) is 1.23. The second-order valence-electron chi connectivity index (χ2n) is 1.52. The molecule has 0 heterocycles. The van der Waals surface area contributed by atoms with Gasteiger partial charge in [0.1, 0.15) is 0 Å². The molecule has 0 aliphatic heterocycles. The molecule has 0 aromatic carbocycles. The topological polar surface area (TPSA) is 63.6 Å². The van der Waals surface area contributed by atoms with E-state index in [1.54, 1.807) is 0 Å². The Bertz CT molecular complexity index is 160. The summed E-state index contributed by atoms with van der Waals surface area (Å²) in [6, 6.07) is 0. The summed E-state index contributed by atoms with van der Waals surface area (Å²) in [5.41, 5.74) is 0. The van der Waals surface area contributed by atoms with E-state index in [1.165, 1.54) is 13.2 Å². The van der Waals surface area contributed by atoms with E-state index < -0.39 is 11.9 Å². The van der Waals surface area contributed by atoms with Crippen LogP contribution in [0.1, 0.15) is 21.3 Å². The molecular formula is C8H16O4. The van der Waals surface area contributed by atoms with Gasteiger partial charge in [0.2, 0.25) is 0 Å². The molecule has 1 N–H and O–H groups in total. The largest absolute Gasteiger partial charge is 0.481 e. The van der Waals surface area contributed by atoms with Crippen LogP contribution in [-0.2, 0) is 14.3 Å². The lowest BCUT2D eigenvalue weighted by Crippen LogP contribution is -1.95. The fraction of sp³-hybridized carbons (Fsp3) is 0.500. The molecule has 0 saturated heterocycles. The normalized spacial score (nSPS) is 8.08. The van der Waals surface area contributed by atoms with E-state index in [0.717, 1.165) is 6.08 Å². The van der Waals surface area contributed by atoms with Crippen molar-refractivity contribution in [2.75, 3.05) is 7.11 Å².